The van der Waals surface area contributed by atoms with Gasteiger partial charge in [-0.3, -0.25) is 4.79 Å². The van der Waals surface area contributed by atoms with Gasteiger partial charge in [0.25, 0.3) is 0 Å². The molecule has 0 aliphatic rings. The van der Waals surface area contributed by atoms with Gasteiger partial charge in [-0.2, -0.15) is 5.10 Å². The van der Waals surface area contributed by atoms with Crippen molar-refractivity contribution in [3.63, 3.8) is 0 Å². The van der Waals surface area contributed by atoms with Crippen molar-refractivity contribution in [1.29, 1.82) is 0 Å². The predicted octanol–water partition coefficient (Wildman–Crippen LogP) is 1.90. The summed E-state index contributed by atoms with van der Waals surface area (Å²) in [6.07, 6.45) is 2.26. The van der Waals surface area contributed by atoms with Crippen LogP contribution >= 0.6 is 0 Å². The Labute approximate surface area is 104 Å². The summed E-state index contributed by atoms with van der Waals surface area (Å²) in [6, 6.07) is 6.70. The van der Waals surface area contributed by atoms with Crippen LogP contribution in [0, 0.1) is 6.92 Å². The third-order valence-electron chi connectivity index (χ3n) is 2.81. The minimum absolute atomic E-state index is 0.0993. The van der Waals surface area contributed by atoms with Gasteiger partial charge in [0.15, 0.2) is 0 Å². The average molecular weight is 246 g/mol. The van der Waals surface area contributed by atoms with E-state index in [4.69, 9.17) is 5.11 Å². The molecule has 0 amide bonds. The van der Waals surface area contributed by atoms with Gasteiger partial charge in [0.1, 0.15) is 5.75 Å². The number of aromatic nitrogens is 2. The highest BCUT2D eigenvalue weighted by Crippen LogP contribution is 2.17. The van der Waals surface area contributed by atoms with Crippen LogP contribution in [0.2, 0.25) is 0 Å². The van der Waals surface area contributed by atoms with Gasteiger partial charge in [-0.05, 0) is 43.2 Å². The van der Waals surface area contributed by atoms with Crippen molar-refractivity contribution >= 4 is 5.97 Å². The summed E-state index contributed by atoms with van der Waals surface area (Å²) in [6.45, 7) is 1.90. The van der Waals surface area contributed by atoms with Crippen molar-refractivity contribution < 1.29 is 15.0 Å². The SMILES string of the molecule is Cc1c(CCC(=O)O)cnn1-c1ccc(O)cc1. The van der Waals surface area contributed by atoms with Crippen LogP contribution in [0.15, 0.2) is 30.5 Å². The number of hydrogen-bond acceptors (Lipinski definition) is 3. The number of benzene rings is 1. The number of hydrogen-bond donors (Lipinski definition) is 2. The van der Waals surface area contributed by atoms with E-state index in [0.29, 0.717) is 6.42 Å². The highest BCUT2D eigenvalue weighted by Gasteiger charge is 2.09. The molecule has 1 aromatic carbocycles. The van der Waals surface area contributed by atoms with E-state index in [2.05, 4.69) is 5.10 Å². The number of carboxylic acids is 1. The number of carboxylic acid groups (broad SMARTS) is 1. The minimum Gasteiger partial charge on any atom is -0.508 e. The van der Waals surface area contributed by atoms with E-state index in [-0.39, 0.29) is 12.2 Å². The lowest BCUT2D eigenvalue weighted by atomic mass is 10.1. The van der Waals surface area contributed by atoms with E-state index in [1.807, 2.05) is 6.92 Å². The number of carbonyl (C=O) groups is 1. The summed E-state index contributed by atoms with van der Waals surface area (Å²) in [7, 11) is 0. The fourth-order valence-corrected chi connectivity index (χ4v) is 1.78. The molecule has 0 unspecified atom stereocenters. The average Bonchev–Trinajstić information content (AvgIpc) is 2.69. The van der Waals surface area contributed by atoms with E-state index in [9.17, 15) is 9.90 Å². The normalized spacial score (nSPS) is 10.5. The Morgan fingerprint density at radius 2 is 2.00 bits per heavy atom. The number of nitrogens with zero attached hydrogens (tertiary/aromatic N) is 2. The number of rotatable bonds is 4. The molecule has 2 rings (SSSR count). The molecule has 0 saturated heterocycles. The topological polar surface area (TPSA) is 75.3 Å². The summed E-state index contributed by atoms with van der Waals surface area (Å²) in [5.74, 6) is -0.610. The van der Waals surface area contributed by atoms with E-state index in [1.165, 1.54) is 0 Å². The first kappa shape index (κ1) is 12.2. The molecule has 0 bridgehead atoms. The maximum Gasteiger partial charge on any atom is 0.303 e. The van der Waals surface area contributed by atoms with Crippen LogP contribution in [0.1, 0.15) is 17.7 Å². The Kier molecular flexibility index (Phi) is 3.32. The molecule has 5 heteroatoms. The minimum atomic E-state index is -0.813. The molecule has 0 saturated carbocycles. The zero-order valence-corrected chi connectivity index (χ0v) is 10.00. The standard InChI is InChI=1S/C13H14N2O3/c1-9-10(2-7-13(17)18)8-14-15(9)11-3-5-12(16)6-4-11/h3-6,8,16H,2,7H2,1H3,(H,17,18). The van der Waals surface area contributed by atoms with Gasteiger partial charge in [-0.25, -0.2) is 4.68 Å². The Hall–Kier alpha value is -2.30. The maximum absolute atomic E-state index is 10.5. The lowest BCUT2D eigenvalue weighted by molar-refractivity contribution is -0.136. The summed E-state index contributed by atoms with van der Waals surface area (Å²) in [5.41, 5.74) is 2.68. The number of aromatic hydroxyl groups is 1. The van der Waals surface area contributed by atoms with Gasteiger partial charge in [0.05, 0.1) is 11.9 Å². The van der Waals surface area contributed by atoms with Crippen LogP contribution in [0.25, 0.3) is 5.69 Å². The van der Waals surface area contributed by atoms with Crippen LogP contribution in [0.4, 0.5) is 0 Å². The number of phenols is 1. The molecule has 94 valence electrons. The third kappa shape index (κ3) is 2.51. The Morgan fingerprint density at radius 1 is 1.33 bits per heavy atom. The molecule has 0 spiro atoms. The lowest BCUT2D eigenvalue weighted by Gasteiger charge is -2.05. The monoisotopic (exact) mass is 246 g/mol. The largest absolute Gasteiger partial charge is 0.508 e. The van der Waals surface area contributed by atoms with Crippen LogP contribution in [0.5, 0.6) is 5.75 Å². The summed E-state index contributed by atoms with van der Waals surface area (Å²) in [4.78, 5) is 10.5. The van der Waals surface area contributed by atoms with E-state index in [1.54, 1.807) is 35.1 Å². The first-order valence-electron chi connectivity index (χ1n) is 5.62. The molecule has 0 aliphatic carbocycles. The third-order valence-corrected chi connectivity index (χ3v) is 2.81. The molecule has 0 radical (unpaired) electrons. The second-order valence-corrected chi connectivity index (χ2v) is 4.08. The highest BCUT2D eigenvalue weighted by atomic mass is 16.4. The molecule has 1 heterocycles. The molecular formula is C13H14N2O3. The Morgan fingerprint density at radius 3 is 2.61 bits per heavy atom. The molecular weight excluding hydrogens is 232 g/mol. The maximum atomic E-state index is 10.5. The van der Waals surface area contributed by atoms with E-state index < -0.39 is 5.97 Å². The quantitative estimate of drug-likeness (QED) is 0.864. The molecule has 1 aromatic heterocycles. The second kappa shape index (κ2) is 4.91. The fraction of sp³-hybridized carbons (Fsp3) is 0.231. The first-order valence-corrected chi connectivity index (χ1v) is 5.62. The van der Waals surface area contributed by atoms with Crippen molar-refractivity contribution in [2.45, 2.75) is 19.8 Å². The fourth-order valence-electron chi connectivity index (χ4n) is 1.78. The van der Waals surface area contributed by atoms with Crippen molar-refractivity contribution in [1.82, 2.24) is 9.78 Å². The van der Waals surface area contributed by atoms with Gasteiger partial charge in [-0.15, -0.1) is 0 Å². The number of aryl methyl sites for hydroxylation is 1. The smallest absolute Gasteiger partial charge is 0.303 e. The van der Waals surface area contributed by atoms with E-state index >= 15 is 0 Å². The molecule has 0 aliphatic heterocycles. The molecule has 5 nitrogen and oxygen atoms in total. The Bertz CT molecular complexity index is 558. The zero-order valence-electron chi connectivity index (χ0n) is 10.00. The summed E-state index contributed by atoms with van der Waals surface area (Å²) >= 11 is 0. The van der Waals surface area contributed by atoms with Gasteiger partial charge >= 0.3 is 5.97 Å². The molecule has 0 fully saturated rings. The molecule has 2 N–H and O–H groups in total. The van der Waals surface area contributed by atoms with Crippen LogP contribution in [-0.4, -0.2) is 26.0 Å². The van der Waals surface area contributed by atoms with Gasteiger partial charge in [-0.1, -0.05) is 0 Å². The number of aliphatic carboxylic acids is 1. The Balaban J connectivity index is 2.25. The second-order valence-electron chi connectivity index (χ2n) is 4.08. The van der Waals surface area contributed by atoms with Crippen molar-refractivity contribution in [2.24, 2.45) is 0 Å². The highest BCUT2D eigenvalue weighted by molar-refractivity contribution is 5.67. The molecule has 18 heavy (non-hydrogen) atoms. The number of phenolic OH excluding ortho intramolecular Hbond substituents is 1. The lowest BCUT2D eigenvalue weighted by Crippen LogP contribution is -2.01. The van der Waals surface area contributed by atoms with Gasteiger partial charge in [0, 0.05) is 12.1 Å². The van der Waals surface area contributed by atoms with E-state index in [0.717, 1.165) is 16.9 Å². The molecule has 0 atom stereocenters. The zero-order chi connectivity index (χ0) is 13.1. The summed E-state index contributed by atoms with van der Waals surface area (Å²) in [5, 5.41) is 22.1. The first-order chi connectivity index (χ1) is 8.58. The van der Waals surface area contributed by atoms with Crippen molar-refractivity contribution in [2.75, 3.05) is 0 Å². The van der Waals surface area contributed by atoms with Crippen LogP contribution < -0.4 is 0 Å². The van der Waals surface area contributed by atoms with Crippen molar-refractivity contribution in [3.05, 3.63) is 41.7 Å². The summed E-state index contributed by atoms with van der Waals surface area (Å²) < 4.78 is 1.73. The van der Waals surface area contributed by atoms with Crippen LogP contribution in [0.3, 0.4) is 0 Å². The van der Waals surface area contributed by atoms with Crippen LogP contribution in [-0.2, 0) is 11.2 Å². The van der Waals surface area contributed by atoms with Crippen molar-refractivity contribution in [3.8, 4) is 11.4 Å². The predicted molar refractivity (Wildman–Crippen MR) is 65.9 cm³/mol. The van der Waals surface area contributed by atoms with Gasteiger partial charge < -0.3 is 10.2 Å². The van der Waals surface area contributed by atoms with Gasteiger partial charge in [0.2, 0.25) is 0 Å². The molecule has 2 aromatic rings.